The van der Waals surface area contributed by atoms with Gasteiger partial charge in [0.15, 0.2) is 5.11 Å². The molecule has 0 radical (unpaired) electrons. The highest BCUT2D eigenvalue weighted by atomic mass is 32.1. The normalized spacial score (nSPS) is 11.6. The van der Waals surface area contributed by atoms with Crippen LogP contribution in [0.4, 0.5) is 0 Å². The van der Waals surface area contributed by atoms with Crippen LogP contribution in [0.5, 0.6) is 0 Å². The smallest absolute Gasteiger partial charge is 0.164 e. The molecule has 0 spiro atoms. The summed E-state index contributed by atoms with van der Waals surface area (Å²) in [5, 5.41) is 2.94. The Labute approximate surface area is 77.3 Å². The van der Waals surface area contributed by atoms with Crippen molar-refractivity contribution in [1.29, 1.82) is 0 Å². The standard InChI is InChI=1S/C7H12N4S/c1-3-4-10-6(9-2)5-11-7(8)12/h3-4H,2,5H2,1H3,(H3,8,11,12)/b4-3-,10-6?. The molecule has 12 heavy (non-hydrogen) atoms. The van der Waals surface area contributed by atoms with E-state index in [4.69, 9.17) is 5.73 Å². The van der Waals surface area contributed by atoms with Gasteiger partial charge in [0.1, 0.15) is 5.84 Å². The Kier molecular flexibility index (Phi) is 5.81. The molecule has 4 nitrogen and oxygen atoms in total. The third-order valence-electron chi connectivity index (χ3n) is 0.976. The van der Waals surface area contributed by atoms with Gasteiger partial charge >= 0.3 is 0 Å². The van der Waals surface area contributed by atoms with E-state index >= 15 is 0 Å². The average molecular weight is 184 g/mol. The Balaban J connectivity index is 3.99. The minimum absolute atomic E-state index is 0.229. The van der Waals surface area contributed by atoms with Gasteiger partial charge in [0.2, 0.25) is 0 Å². The van der Waals surface area contributed by atoms with Crippen LogP contribution in [-0.2, 0) is 0 Å². The van der Waals surface area contributed by atoms with Crippen molar-refractivity contribution in [1.82, 2.24) is 5.32 Å². The second kappa shape index (κ2) is 6.48. The van der Waals surface area contributed by atoms with Gasteiger partial charge in [0.25, 0.3) is 0 Å². The molecule has 3 N–H and O–H groups in total. The summed E-state index contributed by atoms with van der Waals surface area (Å²) in [5.74, 6) is 0.556. The lowest BCUT2D eigenvalue weighted by molar-refractivity contribution is 1.07. The summed E-state index contributed by atoms with van der Waals surface area (Å²) >= 11 is 4.61. The Morgan fingerprint density at radius 2 is 2.42 bits per heavy atom. The summed E-state index contributed by atoms with van der Waals surface area (Å²) in [6.45, 7) is 5.63. The summed E-state index contributed by atoms with van der Waals surface area (Å²) in [5.41, 5.74) is 5.21. The lowest BCUT2D eigenvalue weighted by atomic mass is 10.5. The molecule has 0 rings (SSSR count). The maximum absolute atomic E-state index is 5.21. The quantitative estimate of drug-likeness (QED) is 0.380. The minimum Gasteiger partial charge on any atom is -0.376 e. The monoisotopic (exact) mass is 184 g/mol. The van der Waals surface area contributed by atoms with Crippen LogP contribution in [0.25, 0.3) is 0 Å². The van der Waals surface area contributed by atoms with Crippen molar-refractivity contribution >= 4 is 29.9 Å². The lowest BCUT2D eigenvalue weighted by Crippen LogP contribution is -2.33. The predicted octanol–water partition coefficient (Wildman–Crippen LogP) is 0.452. The first kappa shape index (κ1) is 10.8. The summed E-state index contributed by atoms with van der Waals surface area (Å²) in [6, 6.07) is 0. The summed E-state index contributed by atoms with van der Waals surface area (Å²) < 4.78 is 0. The van der Waals surface area contributed by atoms with Crippen molar-refractivity contribution in [3.05, 3.63) is 12.3 Å². The molecule has 66 valence electrons. The molecule has 0 aliphatic carbocycles. The van der Waals surface area contributed by atoms with Crippen molar-refractivity contribution in [3.8, 4) is 0 Å². The van der Waals surface area contributed by atoms with E-state index in [0.29, 0.717) is 12.4 Å². The summed E-state index contributed by atoms with van der Waals surface area (Å²) in [4.78, 5) is 7.63. The number of hydrogen-bond donors (Lipinski definition) is 2. The number of nitrogens with one attached hydrogen (secondary N) is 1. The van der Waals surface area contributed by atoms with Gasteiger partial charge in [-0.25, -0.2) is 9.98 Å². The van der Waals surface area contributed by atoms with E-state index in [1.54, 1.807) is 12.3 Å². The zero-order valence-corrected chi connectivity index (χ0v) is 7.77. The molecule has 0 heterocycles. The lowest BCUT2D eigenvalue weighted by Gasteiger charge is -2.00. The molecule has 5 heteroatoms. The molecule has 0 aromatic heterocycles. The summed E-state index contributed by atoms with van der Waals surface area (Å²) in [6.07, 6.45) is 3.43. The van der Waals surface area contributed by atoms with Gasteiger partial charge in [0.05, 0.1) is 6.54 Å². The highest BCUT2D eigenvalue weighted by molar-refractivity contribution is 7.80. The van der Waals surface area contributed by atoms with Crippen molar-refractivity contribution in [3.63, 3.8) is 0 Å². The molecule has 0 amide bonds. The van der Waals surface area contributed by atoms with Gasteiger partial charge in [-0.3, -0.25) is 0 Å². The van der Waals surface area contributed by atoms with Gasteiger partial charge in [0, 0.05) is 6.20 Å². The number of rotatable bonds is 3. The molecule has 0 unspecified atom stereocenters. The van der Waals surface area contributed by atoms with Crippen LogP contribution in [0.15, 0.2) is 22.3 Å². The molecule has 0 aliphatic heterocycles. The second-order valence-electron chi connectivity index (χ2n) is 1.90. The first-order valence-electron chi connectivity index (χ1n) is 3.38. The topological polar surface area (TPSA) is 62.8 Å². The maximum atomic E-state index is 5.21. The van der Waals surface area contributed by atoms with Gasteiger partial charge in [-0.2, -0.15) is 0 Å². The van der Waals surface area contributed by atoms with Crippen molar-refractivity contribution < 1.29 is 0 Å². The van der Waals surface area contributed by atoms with Crippen LogP contribution in [0.3, 0.4) is 0 Å². The van der Waals surface area contributed by atoms with Gasteiger partial charge in [-0.15, -0.1) is 0 Å². The number of nitrogens with two attached hydrogens (primary N) is 1. The zero-order chi connectivity index (χ0) is 9.40. The highest BCUT2D eigenvalue weighted by Gasteiger charge is 1.92. The molecule has 0 aromatic carbocycles. The van der Waals surface area contributed by atoms with Crippen molar-refractivity contribution in [2.24, 2.45) is 15.7 Å². The van der Waals surface area contributed by atoms with E-state index in [0.717, 1.165) is 0 Å². The third kappa shape index (κ3) is 5.55. The number of allylic oxidation sites excluding steroid dienone is 1. The fraction of sp³-hybridized carbons (Fsp3) is 0.286. The van der Waals surface area contributed by atoms with E-state index in [-0.39, 0.29) is 5.11 Å². The zero-order valence-electron chi connectivity index (χ0n) is 6.95. The fourth-order valence-electron chi connectivity index (χ4n) is 0.469. The molecular formula is C7H12N4S. The second-order valence-corrected chi connectivity index (χ2v) is 2.34. The molecular weight excluding hydrogens is 172 g/mol. The van der Waals surface area contributed by atoms with Crippen molar-refractivity contribution in [2.45, 2.75) is 6.92 Å². The highest BCUT2D eigenvalue weighted by Crippen LogP contribution is 1.81. The van der Waals surface area contributed by atoms with Crippen LogP contribution >= 0.6 is 12.2 Å². The maximum Gasteiger partial charge on any atom is 0.164 e. The van der Waals surface area contributed by atoms with Crippen LogP contribution < -0.4 is 11.1 Å². The van der Waals surface area contributed by atoms with Crippen molar-refractivity contribution in [2.75, 3.05) is 6.54 Å². The van der Waals surface area contributed by atoms with Gasteiger partial charge < -0.3 is 11.1 Å². The predicted molar refractivity (Wildman–Crippen MR) is 56.6 cm³/mol. The summed E-state index contributed by atoms with van der Waals surface area (Å²) in [7, 11) is 0. The number of hydrogen-bond acceptors (Lipinski definition) is 2. The molecule has 0 aliphatic rings. The van der Waals surface area contributed by atoms with Crippen LogP contribution in [0.1, 0.15) is 6.92 Å². The molecule has 0 atom stereocenters. The van der Waals surface area contributed by atoms with Crippen LogP contribution in [0.2, 0.25) is 0 Å². The van der Waals surface area contributed by atoms with Gasteiger partial charge in [-0.05, 0) is 25.9 Å². The Morgan fingerprint density at radius 3 is 2.83 bits per heavy atom. The first-order valence-corrected chi connectivity index (χ1v) is 3.79. The van der Waals surface area contributed by atoms with E-state index in [9.17, 15) is 0 Å². The van der Waals surface area contributed by atoms with Crippen LogP contribution in [-0.4, -0.2) is 24.2 Å². The van der Waals surface area contributed by atoms with E-state index < -0.39 is 0 Å². The Bertz CT molecular complexity index is 219. The average Bonchev–Trinajstić information content (AvgIpc) is 2.05. The number of amidine groups is 1. The molecule has 0 fully saturated rings. The molecule has 0 bridgehead atoms. The molecule has 0 saturated heterocycles. The number of nitrogens with zero attached hydrogens (tertiary/aromatic N) is 2. The Morgan fingerprint density at radius 1 is 1.75 bits per heavy atom. The molecule has 0 aromatic rings. The van der Waals surface area contributed by atoms with Crippen LogP contribution in [0, 0.1) is 0 Å². The number of aliphatic imine (C=N–C) groups is 2. The fourth-order valence-corrected chi connectivity index (χ4v) is 0.541. The minimum atomic E-state index is 0.229. The Hall–Kier alpha value is -1.23. The molecule has 0 saturated carbocycles. The van der Waals surface area contributed by atoms with Gasteiger partial charge in [-0.1, -0.05) is 6.08 Å². The first-order chi connectivity index (χ1) is 5.70. The van der Waals surface area contributed by atoms with E-state index in [1.165, 1.54) is 0 Å². The van der Waals surface area contributed by atoms with E-state index in [1.807, 2.05) is 6.92 Å². The third-order valence-corrected chi connectivity index (χ3v) is 1.12. The number of thiocarbonyl (C=S) groups is 1. The SMILES string of the molecule is C=NC(CNC(N)=S)=N/C=C\C. The van der Waals surface area contributed by atoms with E-state index in [2.05, 4.69) is 34.2 Å². The largest absolute Gasteiger partial charge is 0.376 e.